The number of hydrogen-bond acceptors (Lipinski definition) is 3. The van der Waals surface area contributed by atoms with Crippen molar-refractivity contribution < 1.29 is 0 Å². The highest BCUT2D eigenvalue weighted by Gasteiger charge is 2.02. The predicted octanol–water partition coefficient (Wildman–Crippen LogP) is 2.56. The topological polar surface area (TPSA) is 38.7 Å². The summed E-state index contributed by atoms with van der Waals surface area (Å²) in [7, 11) is 0. The van der Waals surface area contributed by atoms with Crippen LogP contribution in [-0.4, -0.2) is 15.4 Å². The van der Waals surface area contributed by atoms with Crippen LogP contribution in [0.1, 0.15) is 50.8 Å². The minimum absolute atomic E-state index is 1.01. The first-order valence-corrected chi connectivity index (χ1v) is 5.54. The molecule has 1 rings (SSSR count). The molecule has 3 nitrogen and oxygen atoms in total. The Kier molecular flexibility index (Phi) is 5.12. The van der Waals surface area contributed by atoms with Crippen LogP contribution in [-0.2, 0) is 12.8 Å². The fourth-order valence-corrected chi connectivity index (χ4v) is 1.54. The fraction of sp³-hybridized carbons (Fsp3) is 0.727. The molecule has 0 fully saturated rings. The van der Waals surface area contributed by atoms with Crippen molar-refractivity contribution >= 4 is 0 Å². The molecule has 0 saturated carbocycles. The van der Waals surface area contributed by atoms with Gasteiger partial charge in [-0.15, -0.1) is 10.2 Å². The third-order valence-electron chi connectivity index (χ3n) is 2.45. The molecule has 0 aliphatic heterocycles. The van der Waals surface area contributed by atoms with Gasteiger partial charge in [-0.1, -0.05) is 33.1 Å². The molecule has 0 aromatic carbocycles. The maximum Gasteiger partial charge on any atom is 0.0696 e. The zero-order valence-corrected chi connectivity index (χ0v) is 9.16. The zero-order chi connectivity index (χ0) is 10.2. The van der Waals surface area contributed by atoms with E-state index >= 15 is 0 Å². The lowest BCUT2D eigenvalue weighted by Crippen LogP contribution is -2.01. The Balaban J connectivity index is 2.41. The lowest BCUT2D eigenvalue weighted by Gasteiger charge is -2.03. The molecular weight excluding hydrogens is 174 g/mol. The largest absolute Gasteiger partial charge is 0.138 e. The average Bonchev–Trinajstić information content (AvgIpc) is 2.25. The maximum absolute atomic E-state index is 4.09. The SMILES string of the molecule is CCCCCCc1nnncc1CC. The summed E-state index contributed by atoms with van der Waals surface area (Å²) >= 11 is 0. The van der Waals surface area contributed by atoms with E-state index in [4.69, 9.17) is 0 Å². The van der Waals surface area contributed by atoms with E-state index in [0.29, 0.717) is 0 Å². The number of aromatic nitrogens is 3. The van der Waals surface area contributed by atoms with Crippen molar-refractivity contribution in [3.8, 4) is 0 Å². The molecule has 14 heavy (non-hydrogen) atoms. The second kappa shape index (κ2) is 6.46. The predicted molar refractivity (Wildman–Crippen MR) is 57.1 cm³/mol. The summed E-state index contributed by atoms with van der Waals surface area (Å²) in [5.74, 6) is 0. The van der Waals surface area contributed by atoms with Crippen molar-refractivity contribution in [2.45, 2.75) is 52.4 Å². The summed E-state index contributed by atoms with van der Waals surface area (Å²) in [6, 6.07) is 0. The average molecular weight is 193 g/mol. The summed E-state index contributed by atoms with van der Waals surface area (Å²) in [6.07, 6.45) is 9.01. The Morgan fingerprint density at radius 2 is 2.00 bits per heavy atom. The Hall–Kier alpha value is -0.990. The quantitative estimate of drug-likeness (QED) is 0.652. The van der Waals surface area contributed by atoms with Crippen molar-refractivity contribution in [2.75, 3.05) is 0 Å². The first-order chi connectivity index (χ1) is 6.88. The molecule has 0 atom stereocenters. The van der Waals surface area contributed by atoms with Crippen LogP contribution in [0.3, 0.4) is 0 Å². The second-order valence-electron chi connectivity index (χ2n) is 3.57. The smallest absolute Gasteiger partial charge is 0.0696 e. The third-order valence-corrected chi connectivity index (χ3v) is 2.45. The first-order valence-electron chi connectivity index (χ1n) is 5.54. The molecule has 0 amide bonds. The van der Waals surface area contributed by atoms with Gasteiger partial charge >= 0.3 is 0 Å². The Morgan fingerprint density at radius 3 is 2.71 bits per heavy atom. The highest BCUT2D eigenvalue weighted by molar-refractivity contribution is 5.14. The summed E-state index contributed by atoms with van der Waals surface area (Å²) < 4.78 is 0. The van der Waals surface area contributed by atoms with E-state index < -0.39 is 0 Å². The zero-order valence-electron chi connectivity index (χ0n) is 9.16. The van der Waals surface area contributed by atoms with Crippen molar-refractivity contribution in [3.63, 3.8) is 0 Å². The Bertz CT molecular complexity index is 260. The summed E-state index contributed by atoms with van der Waals surface area (Å²) in [6.45, 7) is 4.36. The van der Waals surface area contributed by atoms with Crippen LogP contribution in [0, 0.1) is 0 Å². The van der Waals surface area contributed by atoms with Gasteiger partial charge in [-0.25, -0.2) is 0 Å². The van der Waals surface area contributed by atoms with Crippen LogP contribution in [0.4, 0.5) is 0 Å². The summed E-state index contributed by atoms with van der Waals surface area (Å²) in [4.78, 5) is 0. The summed E-state index contributed by atoms with van der Waals surface area (Å²) in [5, 5.41) is 11.6. The normalized spacial score (nSPS) is 10.4. The highest BCUT2D eigenvalue weighted by Crippen LogP contribution is 2.09. The minimum atomic E-state index is 1.01. The van der Waals surface area contributed by atoms with Crippen molar-refractivity contribution in [1.29, 1.82) is 0 Å². The van der Waals surface area contributed by atoms with Crippen LogP contribution >= 0.6 is 0 Å². The van der Waals surface area contributed by atoms with Crippen LogP contribution in [0.2, 0.25) is 0 Å². The van der Waals surface area contributed by atoms with Gasteiger partial charge in [-0.2, -0.15) is 0 Å². The first kappa shape index (κ1) is 11.1. The van der Waals surface area contributed by atoms with E-state index in [0.717, 1.165) is 18.5 Å². The lowest BCUT2D eigenvalue weighted by atomic mass is 10.1. The second-order valence-corrected chi connectivity index (χ2v) is 3.57. The van der Waals surface area contributed by atoms with Crippen molar-refractivity contribution in [1.82, 2.24) is 15.4 Å². The van der Waals surface area contributed by atoms with Crippen LogP contribution in [0.15, 0.2) is 6.20 Å². The molecule has 78 valence electrons. The van der Waals surface area contributed by atoms with Gasteiger partial charge in [0, 0.05) is 0 Å². The van der Waals surface area contributed by atoms with E-state index in [-0.39, 0.29) is 0 Å². The number of nitrogens with zero attached hydrogens (tertiary/aromatic N) is 3. The monoisotopic (exact) mass is 193 g/mol. The molecule has 0 unspecified atom stereocenters. The van der Waals surface area contributed by atoms with E-state index in [9.17, 15) is 0 Å². The molecule has 1 aromatic rings. The van der Waals surface area contributed by atoms with E-state index in [1.54, 1.807) is 0 Å². The van der Waals surface area contributed by atoms with Crippen LogP contribution < -0.4 is 0 Å². The number of rotatable bonds is 6. The van der Waals surface area contributed by atoms with Gasteiger partial charge in [-0.3, -0.25) is 0 Å². The molecule has 0 aliphatic rings. The van der Waals surface area contributed by atoms with E-state index in [1.807, 2.05) is 6.20 Å². The Morgan fingerprint density at radius 1 is 1.14 bits per heavy atom. The number of unbranched alkanes of at least 4 members (excludes halogenated alkanes) is 3. The molecule has 3 heteroatoms. The molecule has 0 bridgehead atoms. The van der Waals surface area contributed by atoms with Gasteiger partial charge in [0.25, 0.3) is 0 Å². The third kappa shape index (κ3) is 3.40. The van der Waals surface area contributed by atoms with E-state index in [2.05, 4.69) is 29.3 Å². The molecule has 1 aromatic heterocycles. The molecule has 0 N–H and O–H groups in total. The Labute approximate surface area is 85.9 Å². The molecule has 0 spiro atoms. The maximum atomic E-state index is 4.09. The molecular formula is C11H19N3. The summed E-state index contributed by atoms with van der Waals surface area (Å²) in [5.41, 5.74) is 2.38. The minimum Gasteiger partial charge on any atom is -0.138 e. The van der Waals surface area contributed by atoms with Crippen LogP contribution in [0.25, 0.3) is 0 Å². The van der Waals surface area contributed by atoms with Crippen molar-refractivity contribution in [3.05, 3.63) is 17.5 Å². The van der Waals surface area contributed by atoms with Gasteiger partial charge in [0.1, 0.15) is 0 Å². The van der Waals surface area contributed by atoms with E-state index in [1.165, 1.54) is 31.2 Å². The molecule has 1 heterocycles. The molecule has 0 radical (unpaired) electrons. The van der Waals surface area contributed by atoms with Gasteiger partial charge < -0.3 is 0 Å². The standard InChI is InChI=1S/C11H19N3/c1-3-5-6-7-8-11-10(4-2)9-12-14-13-11/h9H,3-8H2,1-2H3. The van der Waals surface area contributed by atoms with Gasteiger partial charge in [0.2, 0.25) is 0 Å². The van der Waals surface area contributed by atoms with Gasteiger partial charge in [0.15, 0.2) is 0 Å². The van der Waals surface area contributed by atoms with Crippen LogP contribution in [0.5, 0.6) is 0 Å². The van der Waals surface area contributed by atoms with Crippen molar-refractivity contribution in [2.24, 2.45) is 0 Å². The number of aryl methyl sites for hydroxylation is 2. The fourth-order valence-electron chi connectivity index (χ4n) is 1.54. The number of hydrogen-bond donors (Lipinski definition) is 0. The van der Waals surface area contributed by atoms with Gasteiger partial charge in [-0.05, 0) is 30.0 Å². The molecule has 0 saturated heterocycles. The highest BCUT2D eigenvalue weighted by atomic mass is 15.3. The molecule has 0 aliphatic carbocycles. The van der Waals surface area contributed by atoms with Gasteiger partial charge in [0.05, 0.1) is 11.9 Å². The lowest BCUT2D eigenvalue weighted by molar-refractivity contribution is 0.646.